The van der Waals surface area contributed by atoms with Crippen molar-refractivity contribution in [2.45, 2.75) is 65.3 Å². The van der Waals surface area contributed by atoms with Gasteiger partial charge in [0.05, 0.1) is 0 Å². The second kappa shape index (κ2) is 6.15. The van der Waals surface area contributed by atoms with Gasteiger partial charge in [-0.15, -0.1) is 0 Å². The van der Waals surface area contributed by atoms with Crippen LogP contribution in [0.5, 0.6) is 0 Å². The number of hydrogen-bond acceptors (Lipinski definition) is 2. The molecule has 0 aromatic rings. The summed E-state index contributed by atoms with van der Waals surface area (Å²) in [6, 6.07) is -0.373. The Labute approximate surface area is 122 Å². The Morgan fingerprint density at radius 1 is 1.30 bits per heavy atom. The van der Waals surface area contributed by atoms with E-state index in [0.717, 1.165) is 6.54 Å². The lowest BCUT2D eigenvalue weighted by molar-refractivity contribution is -0.134. The normalized spacial score (nSPS) is 26.8. The average molecular weight is 280 g/mol. The fourth-order valence-corrected chi connectivity index (χ4v) is 3.98. The molecule has 2 aliphatic rings. The van der Waals surface area contributed by atoms with Gasteiger partial charge in [0.15, 0.2) is 0 Å². The minimum absolute atomic E-state index is 0.00215. The number of rotatable bonds is 4. The molecule has 1 saturated carbocycles. The fraction of sp³-hybridized carbons (Fsp3) is 0.875. The van der Waals surface area contributed by atoms with Crippen LogP contribution in [0.2, 0.25) is 0 Å². The van der Waals surface area contributed by atoms with Crippen molar-refractivity contribution in [1.29, 1.82) is 0 Å². The minimum Gasteiger partial charge on any atom is -0.345 e. The molecule has 2 amide bonds. The first-order valence-corrected chi connectivity index (χ1v) is 8.00. The van der Waals surface area contributed by atoms with Crippen LogP contribution in [0.25, 0.3) is 0 Å². The molecule has 0 radical (unpaired) electrons. The fourth-order valence-electron chi connectivity index (χ4n) is 3.98. The minimum atomic E-state index is -0.373. The van der Waals surface area contributed by atoms with Gasteiger partial charge in [-0.2, -0.15) is 0 Å². The van der Waals surface area contributed by atoms with Gasteiger partial charge in [0.1, 0.15) is 6.04 Å². The molecule has 0 aromatic heterocycles. The van der Waals surface area contributed by atoms with Crippen LogP contribution in [0.15, 0.2) is 0 Å². The molecule has 2 rings (SSSR count). The Hall–Kier alpha value is -1.06. The number of carbonyl (C=O) groups is 2. The molecule has 0 bridgehead atoms. The molecule has 4 nitrogen and oxygen atoms in total. The van der Waals surface area contributed by atoms with E-state index < -0.39 is 0 Å². The van der Waals surface area contributed by atoms with E-state index in [0.29, 0.717) is 18.9 Å². The van der Waals surface area contributed by atoms with Crippen LogP contribution in [-0.4, -0.2) is 35.8 Å². The first kappa shape index (κ1) is 15.3. The van der Waals surface area contributed by atoms with E-state index in [1.54, 1.807) is 6.92 Å². The monoisotopic (exact) mass is 280 g/mol. The molecule has 0 aromatic carbocycles. The van der Waals surface area contributed by atoms with Gasteiger partial charge in [0, 0.05) is 19.5 Å². The van der Waals surface area contributed by atoms with E-state index in [-0.39, 0.29) is 23.3 Å². The summed E-state index contributed by atoms with van der Waals surface area (Å²) >= 11 is 0. The highest BCUT2D eigenvalue weighted by Crippen LogP contribution is 2.44. The topological polar surface area (TPSA) is 49.4 Å². The second-order valence-electron chi connectivity index (χ2n) is 7.10. The van der Waals surface area contributed by atoms with Crippen LogP contribution in [0.3, 0.4) is 0 Å². The highest BCUT2D eigenvalue weighted by Gasteiger charge is 2.38. The molecule has 1 unspecified atom stereocenters. The summed E-state index contributed by atoms with van der Waals surface area (Å²) in [5.41, 5.74) is 0.289. The van der Waals surface area contributed by atoms with Gasteiger partial charge in [-0.1, -0.05) is 26.7 Å². The Bertz CT molecular complexity index is 373. The Balaban J connectivity index is 2.09. The third-order valence-electron chi connectivity index (χ3n) is 4.70. The summed E-state index contributed by atoms with van der Waals surface area (Å²) in [6.07, 6.45) is 6.64. The van der Waals surface area contributed by atoms with E-state index in [2.05, 4.69) is 19.2 Å². The third kappa shape index (κ3) is 3.53. The predicted octanol–water partition coefficient (Wildman–Crippen LogP) is 2.33. The SMILES string of the molecule is CC(C)CC1(CN2CCC(=O)NC(C)C2=O)CCCC1. The Kier molecular flexibility index (Phi) is 4.71. The summed E-state index contributed by atoms with van der Waals surface area (Å²) in [5, 5.41) is 2.77. The highest BCUT2D eigenvalue weighted by atomic mass is 16.2. The Morgan fingerprint density at radius 3 is 2.55 bits per heavy atom. The lowest BCUT2D eigenvalue weighted by Crippen LogP contribution is -2.46. The molecule has 1 aliphatic heterocycles. The molecular formula is C16H28N2O2. The van der Waals surface area contributed by atoms with Crippen LogP contribution in [-0.2, 0) is 9.59 Å². The molecular weight excluding hydrogens is 252 g/mol. The molecule has 0 spiro atoms. The van der Waals surface area contributed by atoms with E-state index in [1.807, 2.05) is 4.90 Å². The summed E-state index contributed by atoms with van der Waals surface area (Å²) in [4.78, 5) is 25.9. The first-order valence-electron chi connectivity index (χ1n) is 8.00. The van der Waals surface area contributed by atoms with E-state index in [4.69, 9.17) is 0 Å². The van der Waals surface area contributed by atoms with Gasteiger partial charge >= 0.3 is 0 Å². The van der Waals surface area contributed by atoms with Crippen LogP contribution in [0, 0.1) is 11.3 Å². The van der Waals surface area contributed by atoms with Crippen molar-refractivity contribution in [3.63, 3.8) is 0 Å². The molecule has 114 valence electrons. The highest BCUT2D eigenvalue weighted by molar-refractivity contribution is 5.89. The number of nitrogens with one attached hydrogen (secondary N) is 1. The van der Waals surface area contributed by atoms with Crippen molar-refractivity contribution < 1.29 is 9.59 Å². The first-order chi connectivity index (χ1) is 9.42. The second-order valence-corrected chi connectivity index (χ2v) is 7.10. The zero-order chi connectivity index (χ0) is 14.8. The van der Waals surface area contributed by atoms with Gasteiger partial charge in [-0.3, -0.25) is 9.59 Å². The maximum absolute atomic E-state index is 12.4. The number of amides is 2. The zero-order valence-electron chi connectivity index (χ0n) is 13.1. The lowest BCUT2D eigenvalue weighted by atomic mass is 9.78. The average Bonchev–Trinajstić information content (AvgIpc) is 2.76. The van der Waals surface area contributed by atoms with Gasteiger partial charge in [0.2, 0.25) is 11.8 Å². The molecule has 1 aliphatic carbocycles. The maximum Gasteiger partial charge on any atom is 0.244 e. The molecule has 1 heterocycles. The van der Waals surface area contributed by atoms with E-state index >= 15 is 0 Å². The van der Waals surface area contributed by atoms with Gasteiger partial charge in [0.25, 0.3) is 0 Å². The smallest absolute Gasteiger partial charge is 0.244 e. The van der Waals surface area contributed by atoms with Crippen molar-refractivity contribution in [2.75, 3.05) is 13.1 Å². The largest absolute Gasteiger partial charge is 0.345 e. The molecule has 1 saturated heterocycles. The summed E-state index contributed by atoms with van der Waals surface area (Å²) in [6.45, 7) is 7.73. The molecule has 1 N–H and O–H groups in total. The van der Waals surface area contributed by atoms with Gasteiger partial charge in [-0.25, -0.2) is 0 Å². The van der Waals surface area contributed by atoms with Crippen molar-refractivity contribution >= 4 is 11.8 Å². The van der Waals surface area contributed by atoms with Crippen LogP contribution >= 0.6 is 0 Å². The molecule has 1 atom stereocenters. The van der Waals surface area contributed by atoms with Crippen molar-refractivity contribution in [3.05, 3.63) is 0 Å². The lowest BCUT2D eigenvalue weighted by Gasteiger charge is -2.36. The number of nitrogens with zero attached hydrogens (tertiary/aromatic N) is 1. The quantitative estimate of drug-likeness (QED) is 0.859. The number of hydrogen-bond donors (Lipinski definition) is 1. The molecule has 2 fully saturated rings. The number of carbonyl (C=O) groups excluding carboxylic acids is 2. The van der Waals surface area contributed by atoms with E-state index in [1.165, 1.54) is 32.1 Å². The Morgan fingerprint density at radius 2 is 1.95 bits per heavy atom. The summed E-state index contributed by atoms with van der Waals surface area (Å²) in [5.74, 6) is 0.746. The maximum atomic E-state index is 12.4. The molecule has 20 heavy (non-hydrogen) atoms. The van der Waals surface area contributed by atoms with Crippen LogP contribution in [0.1, 0.15) is 59.3 Å². The van der Waals surface area contributed by atoms with E-state index in [9.17, 15) is 9.59 Å². The van der Waals surface area contributed by atoms with Gasteiger partial charge in [-0.05, 0) is 37.5 Å². The van der Waals surface area contributed by atoms with Gasteiger partial charge < -0.3 is 10.2 Å². The molecule has 4 heteroatoms. The third-order valence-corrected chi connectivity index (χ3v) is 4.70. The van der Waals surface area contributed by atoms with Crippen LogP contribution in [0.4, 0.5) is 0 Å². The van der Waals surface area contributed by atoms with Crippen molar-refractivity contribution in [3.8, 4) is 0 Å². The summed E-state index contributed by atoms with van der Waals surface area (Å²) in [7, 11) is 0. The van der Waals surface area contributed by atoms with Crippen molar-refractivity contribution in [2.24, 2.45) is 11.3 Å². The standard InChI is InChI=1S/C16H28N2O2/c1-12(2)10-16(7-4-5-8-16)11-18-9-6-14(19)17-13(3)15(18)20/h12-13H,4-11H2,1-3H3,(H,17,19). The van der Waals surface area contributed by atoms with Crippen molar-refractivity contribution in [1.82, 2.24) is 10.2 Å². The summed E-state index contributed by atoms with van der Waals surface area (Å²) < 4.78 is 0. The van der Waals surface area contributed by atoms with Crippen LogP contribution < -0.4 is 5.32 Å². The zero-order valence-corrected chi connectivity index (χ0v) is 13.1. The predicted molar refractivity (Wildman–Crippen MR) is 79.2 cm³/mol.